The van der Waals surface area contributed by atoms with Crippen molar-refractivity contribution in [3.05, 3.63) is 58.1 Å². The summed E-state index contributed by atoms with van der Waals surface area (Å²) >= 11 is 6.01. The van der Waals surface area contributed by atoms with Crippen LogP contribution in [-0.2, 0) is 40.4 Å². The van der Waals surface area contributed by atoms with Gasteiger partial charge in [0.25, 0.3) is 5.91 Å². The lowest BCUT2D eigenvalue weighted by Gasteiger charge is -2.23. The lowest BCUT2D eigenvalue weighted by molar-refractivity contribution is -0.161. The lowest BCUT2D eigenvalue weighted by Crippen LogP contribution is -2.40. The largest absolute Gasteiger partial charge is 0.496 e. The third kappa shape index (κ3) is 4.82. The number of fused-ring (bicyclic) bond motifs is 1. The Labute approximate surface area is 213 Å². The average molecular weight is 546 g/mol. The minimum Gasteiger partial charge on any atom is -0.496 e. The van der Waals surface area contributed by atoms with Gasteiger partial charge in [0.2, 0.25) is 11.5 Å². The molecule has 2 aliphatic heterocycles. The van der Waals surface area contributed by atoms with E-state index < -0.39 is 71.5 Å². The van der Waals surface area contributed by atoms with Crippen molar-refractivity contribution < 1.29 is 50.9 Å². The number of hydrogen-bond donors (Lipinski definition) is 0. The maximum absolute atomic E-state index is 16.7. The lowest BCUT2D eigenvalue weighted by atomic mass is 9.88. The van der Waals surface area contributed by atoms with E-state index >= 15 is 4.39 Å². The van der Waals surface area contributed by atoms with Gasteiger partial charge in [-0.15, -0.1) is 0 Å². The van der Waals surface area contributed by atoms with Crippen LogP contribution in [0.25, 0.3) is 0 Å². The number of esters is 2. The van der Waals surface area contributed by atoms with Gasteiger partial charge in [0.15, 0.2) is 12.8 Å². The van der Waals surface area contributed by atoms with Crippen LogP contribution in [0, 0.1) is 0 Å². The van der Waals surface area contributed by atoms with Crippen molar-refractivity contribution in [2.75, 3.05) is 18.7 Å². The topological polar surface area (TPSA) is 91.4 Å². The van der Waals surface area contributed by atoms with Crippen LogP contribution in [-0.4, -0.2) is 43.6 Å². The zero-order valence-electron chi connectivity index (χ0n) is 19.7. The number of methoxy groups -OCH3 is 1. The molecule has 37 heavy (non-hydrogen) atoms. The van der Waals surface area contributed by atoms with Gasteiger partial charge < -0.3 is 18.9 Å². The molecule has 2 aromatic rings. The molecule has 1 amide bonds. The maximum Gasteiger partial charge on any atom is 0.416 e. The zero-order chi connectivity index (χ0) is 27.3. The van der Waals surface area contributed by atoms with Crippen LogP contribution >= 0.6 is 11.6 Å². The van der Waals surface area contributed by atoms with Gasteiger partial charge in [-0.05, 0) is 30.3 Å². The molecule has 0 bridgehead atoms. The summed E-state index contributed by atoms with van der Waals surface area (Å²) in [6.45, 7) is 1.98. The summed E-state index contributed by atoms with van der Waals surface area (Å²) in [4.78, 5) is 38.2. The fourth-order valence-electron chi connectivity index (χ4n) is 4.17. The van der Waals surface area contributed by atoms with Gasteiger partial charge in [-0.3, -0.25) is 14.5 Å². The number of anilines is 1. The first-order chi connectivity index (χ1) is 17.2. The molecular formula is C24H20ClF4NO7. The molecule has 2 heterocycles. The van der Waals surface area contributed by atoms with E-state index in [0.29, 0.717) is 17.0 Å². The molecule has 0 saturated carbocycles. The number of amides is 1. The maximum atomic E-state index is 16.7. The first-order valence-corrected chi connectivity index (χ1v) is 11.2. The molecular weight excluding hydrogens is 526 g/mol. The van der Waals surface area contributed by atoms with Gasteiger partial charge in [0, 0.05) is 30.0 Å². The molecule has 2 aliphatic rings. The van der Waals surface area contributed by atoms with Crippen molar-refractivity contribution in [3.63, 3.8) is 0 Å². The Morgan fingerprint density at radius 1 is 1.14 bits per heavy atom. The summed E-state index contributed by atoms with van der Waals surface area (Å²) in [6, 6.07) is 5.87. The second kappa shape index (κ2) is 9.18. The molecule has 1 saturated heterocycles. The molecule has 2 aromatic carbocycles. The molecule has 0 spiro atoms. The van der Waals surface area contributed by atoms with E-state index in [1.165, 1.54) is 33.1 Å². The van der Waals surface area contributed by atoms with E-state index in [1.54, 1.807) is 0 Å². The smallest absolute Gasteiger partial charge is 0.416 e. The van der Waals surface area contributed by atoms with Gasteiger partial charge in [-0.2, -0.15) is 13.2 Å². The Balaban J connectivity index is 1.68. The van der Waals surface area contributed by atoms with Crippen LogP contribution < -0.4 is 9.64 Å². The normalized spacial score (nSPS) is 22.6. The molecule has 8 nitrogen and oxygen atoms in total. The van der Waals surface area contributed by atoms with E-state index in [-0.39, 0.29) is 16.3 Å². The number of rotatable bonds is 6. The van der Waals surface area contributed by atoms with Gasteiger partial charge in [-0.1, -0.05) is 17.7 Å². The van der Waals surface area contributed by atoms with Gasteiger partial charge in [0.1, 0.15) is 5.75 Å². The molecule has 0 aliphatic carbocycles. The highest BCUT2D eigenvalue weighted by Gasteiger charge is 2.55. The quantitative estimate of drug-likeness (QED) is 0.390. The summed E-state index contributed by atoms with van der Waals surface area (Å²) in [5.74, 6) is -4.51. The Morgan fingerprint density at radius 2 is 1.84 bits per heavy atom. The number of alkyl halides is 4. The number of nitrogens with zero attached hydrogens (tertiary/aromatic N) is 1. The van der Waals surface area contributed by atoms with Crippen LogP contribution in [0.2, 0.25) is 5.02 Å². The highest BCUT2D eigenvalue weighted by atomic mass is 35.5. The first-order valence-electron chi connectivity index (χ1n) is 10.8. The van der Waals surface area contributed by atoms with Crippen LogP contribution in [0.3, 0.4) is 0 Å². The van der Waals surface area contributed by atoms with Crippen molar-refractivity contribution in [1.29, 1.82) is 0 Å². The fourth-order valence-corrected chi connectivity index (χ4v) is 4.34. The van der Waals surface area contributed by atoms with Crippen molar-refractivity contribution in [2.45, 2.75) is 44.0 Å². The molecule has 198 valence electrons. The van der Waals surface area contributed by atoms with Crippen molar-refractivity contribution in [1.82, 2.24) is 0 Å². The summed E-state index contributed by atoms with van der Waals surface area (Å²) in [5.41, 5.74) is -5.39. The number of carbonyl (C=O) groups excluding carboxylic acids is 3. The summed E-state index contributed by atoms with van der Waals surface area (Å²) < 4.78 is 77.4. The van der Waals surface area contributed by atoms with E-state index in [2.05, 4.69) is 0 Å². The highest BCUT2D eigenvalue weighted by Crippen LogP contribution is 2.51. The molecule has 13 heteroatoms. The minimum atomic E-state index is -4.80. The van der Waals surface area contributed by atoms with E-state index in [0.717, 1.165) is 12.1 Å². The monoisotopic (exact) mass is 545 g/mol. The van der Waals surface area contributed by atoms with Crippen molar-refractivity contribution >= 4 is 35.1 Å². The van der Waals surface area contributed by atoms with Crippen LogP contribution in [0.1, 0.15) is 37.0 Å². The molecule has 1 fully saturated rings. The van der Waals surface area contributed by atoms with Crippen LogP contribution in [0.4, 0.5) is 23.2 Å². The Kier molecular flexibility index (Phi) is 6.62. The number of halogens is 5. The molecule has 2 atom stereocenters. The van der Waals surface area contributed by atoms with Crippen LogP contribution in [0.15, 0.2) is 36.4 Å². The molecule has 4 rings (SSSR count). The van der Waals surface area contributed by atoms with Crippen molar-refractivity contribution in [2.24, 2.45) is 0 Å². The Bertz CT molecular complexity index is 1280. The fraction of sp³-hybridized carbons (Fsp3) is 0.375. The average Bonchev–Trinajstić information content (AvgIpc) is 3.19. The Morgan fingerprint density at radius 3 is 2.43 bits per heavy atom. The molecule has 0 radical (unpaired) electrons. The van der Waals surface area contributed by atoms with Gasteiger partial charge in [0.05, 0.1) is 24.8 Å². The number of carbonyl (C=O) groups is 3. The second-order valence-electron chi connectivity index (χ2n) is 8.74. The SMILES string of the molecule is COc1ccc(Cl)cc1C1(F)C(=O)N(COC(=O)CC2OC(C)(C)OC2=O)c2cc(C(F)(F)F)ccc21. The van der Waals surface area contributed by atoms with Gasteiger partial charge >= 0.3 is 18.1 Å². The third-order valence-electron chi connectivity index (χ3n) is 5.80. The van der Waals surface area contributed by atoms with Crippen LogP contribution in [0.5, 0.6) is 5.75 Å². The van der Waals surface area contributed by atoms with Gasteiger partial charge in [-0.25, -0.2) is 9.18 Å². The predicted octanol–water partition coefficient (Wildman–Crippen LogP) is 4.50. The van der Waals surface area contributed by atoms with E-state index in [4.69, 9.17) is 30.5 Å². The molecule has 0 aromatic heterocycles. The first kappa shape index (κ1) is 26.7. The minimum absolute atomic E-state index is 0.0466. The summed E-state index contributed by atoms with van der Waals surface area (Å²) in [5, 5.41) is 0.0466. The summed E-state index contributed by atoms with van der Waals surface area (Å²) in [7, 11) is 1.22. The number of ether oxygens (including phenoxy) is 4. The number of cyclic esters (lactones) is 1. The number of benzene rings is 2. The van der Waals surface area contributed by atoms with Crippen molar-refractivity contribution in [3.8, 4) is 5.75 Å². The van der Waals surface area contributed by atoms with E-state index in [9.17, 15) is 27.6 Å². The molecule has 0 N–H and O–H groups in total. The predicted molar refractivity (Wildman–Crippen MR) is 119 cm³/mol. The highest BCUT2D eigenvalue weighted by molar-refractivity contribution is 6.30. The molecule has 2 unspecified atom stereocenters. The van der Waals surface area contributed by atoms with E-state index in [1.807, 2.05) is 0 Å². The Hall–Kier alpha value is -3.38. The zero-order valence-corrected chi connectivity index (χ0v) is 20.4. The summed E-state index contributed by atoms with van der Waals surface area (Å²) in [6.07, 6.45) is -6.68. The second-order valence-corrected chi connectivity index (χ2v) is 9.18. The third-order valence-corrected chi connectivity index (χ3v) is 6.04. The standard InChI is InChI=1S/C24H20ClF4NO7/c1-22(2)36-18(20(32)37-22)10-19(31)35-11-30-16-8-12(24(27,28)29)4-6-14(16)23(26,21(30)33)15-9-13(25)5-7-17(15)34-3/h4-9,18H,10-11H2,1-3H3. The number of hydrogen-bond acceptors (Lipinski definition) is 7.